The number of hydrogen-bond acceptors (Lipinski definition) is 5. The molecule has 4 nitrogen and oxygen atoms in total. The summed E-state index contributed by atoms with van der Waals surface area (Å²) < 4.78 is 10.8. The Hall–Kier alpha value is -1.07. The molecule has 0 aromatic heterocycles. The van der Waals surface area contributed by atoms with Crippen LogP contribution in [-0.4, -0.2) is 32.3 Å². The highest BCUT2D eigenvalue weighted by Gasteiger charge is 2.11. The highest BCUT2D eigenvalue weighted by Crippen LogP contribution is 2.30. The molecule has 0 saturated carbocycles. The predicted octanol–water partition coefficient (Wildman–Crippen LogP) is 4.65. The van der Waals surface area contributed by atoms with Crippen molar-refractivity contribution in [2.75, 3.05) is 31.2 Å². The largest absolute Gasteiger partial charge is 0.491 e. The van der Waals surface area contributed by atoms with Gasteiger partial charge in [-0.05, 0) is 59.6 Å². The zero-order valence-electron chi connectivity index (χ0n) is 14.4. The van der Waals surface area contributed by atoms with Crippen LogP contribution in [0, 0.1) is 11.2 Å². The van der Waals surface area contributed by atoms with Gasteiger partial charge in [0.05, 0.1) is 18.9 Å². The van der Waals surface area contributed by atoms with Crippen molar-refractivity contribution in [3.8, 4) is 16.9 Å². The van der Waals surface area contributed by atoms with Crippen LogP contribution in [0.25, 0.3) is 0 Å². The van der Waals surface area contributed by atoms with E-state index in [2.05, 4.69) is 57.2 Å². The molecule has 0 radical (unpaired) electrons. The summed E-state index contributed by atoms with van der Waals surface area (Å²) in [5, 5.41) is 3.01. The molecule has 1 aromatic carbocycles. The fourth-order valence-electron chi connectivity index (χ4n) is 2.24. The molecule has 0 fully saturated rings. The Morgan fingerprint density at radius 1 is 1.29 bits per heavy atom. The van der Waals surface area contributed by atoms with Crippen LogP contribution in [0.1, 0.15) is 39.2 Å². The number of esters is 1. The topological polar surface area (TPSA) is 38.8 Å². The lowest BCUT2D eigenvalue weighted by atomic mass is 10.1. The quantitative estimate of drug-likeness (QED) is 0.232. The van der Waals surface area contributed by atoms with Crippen molar-refractivity contribution in [3.63, 3.8) is 0 Å². The molecule has 0 amide bonds. The summed E-state index contributed by atoms with van der Waals surface area (Å²) in [5.41, 5.74) is 2.02. The third kappa shape index (κ3) is 7.22. The number of ether oxygens (including phenoxy) is 2. The first-order valence-corrected chi connectivity index (χ1v) is 11.5. The number of anilines is 1. The average Bonchev–Trinajstić information content (AvgIpc) is 2.59. The maximum Gasteiger partial charge on any atom is 0.305 e. The summed E-state index contributed by atoms with van der Waals surface area (Å²) in [7, 11) is 1.47. The minimum Gasteiger partial charge on any atom is -0.491 e. The third-order valence-corrected chi connectivity index (χ3v) is 4.22. The number of halogens is 1. The van der Waals surface area contributed by atoms with Crippen molar-refractivity contribution in [1.82, 2.24) is 0 Å². The zero-order chi connectivity index (χ0) is 17.8. The Morgan fingerprint density at radius 3 is 2.67 bits per heavy atom. The minimum absolute atomic E-state index is 0.174. The van der Waals surface area contributed by atoms with Gasteiger partial charge >= 0.3 is 5.97 Å². The van der Waals surface area contributed by atoms with Crippen LogP contribution in [-0.2, 0) is 9.53 Å². The van der Waals surface area contributed by atoms with Gasteiger partial charge < -0.3 is 14.4 Å². The van der Waals surface area contributed by atoms with Gasteiger partial charge in [-0.2, -0.15) is 0 Å². The van der Waals surface area contributed by atoms with E-state index < -0.39 is 0 Å². The predicted molar refractivity (Wildman–Crippen MR) is 110 cm³/mol. The highest BCUT2D eigenvalue weighted by molar-refractivity contribution is 14.2. The van der Waals surface area contributed by atoms with Crippen molar-refractivity contribution < 1.29 is 14.3 Å². The van der Waals surface area contributed by atoms with Gasteiger partial charge in [0.25, 0.3) is 0 Å². The van der Waals surface area contributed by atoms with Crippen molar-refractivity contribution in [2.24, 2.45) is 0 Å². The fraction of sp³-hybridized carbons (Fsp3) is 0.500. The molecule has 0 aliphatic rings. The van der Waals surface area contributed by atoms with Crippen LogP contribution in [0.5, 0.6) is 5.75 Å². The Morgan fingerprint density at radius 2 is 2.04 bits per heavy atom. The number of nitrogens with zero attached hydrogens (tertiary/aromatic N) is 1. The Bertz CT molecular complexity index is 579. The summed E-state index contributed by atoms with van der Waals surface area (Å²) in [5.74, 6) is 3.78. The molecule has 0 spiro atoms. The van der Waals surface area contributed by atoms with E-state index >= 15 is 0 Å². The fourth-order valence-corrected chi connectivity index (χ4v) is 2.73. The molecule has 0 saturated heterocycles. The maximum absolute atomic E-state index is 11.4. The Labute approximate surface area is 161 Å². The lowest BCUT2D eigenvalue weighted by Crippen LogP contribution is -2.22. The summed E-state index contributed by atoms with van der Waals surface area (Å²) in [6, 6.07) is 5.99. The highest BCUT2D eigenvalue weighted by atomic mass is 127. The van der Waals surface area contributed by atoms with Gasteiger partial charge in [-0.3, -0.25) is 4.79 Å². The van der Waals surface area contributed by atoms with Crippen LogP contribution < -0.4 is 9.64 Å². The second-order valence-electron chi connectivity index (χ2n) is 4.92. The Balaban J connectivity index is 2.79. The van der Waals surface area contributed by atoms with Crippen molar-refractivity contribution in [1.29, 1.82) is 0 Å². The number of carbonyl (C=O) groups excluding carboxylic acids is 1. The molecule has 0 atom stereocenters. The first-order chi connectivity index (χ1) is 11.7. The second kappa shape index (κ2) is 12.3. The van der Waals surface area contributed by atoms with Gasteiger partial charge in [0, 0.05) is 46.3 Å². The van der Waals surface area contributed by atoms with E-state index in [0.29, 0.717) is 26.1 Å². The monoisotopic (exact) mass is 461 g/mol. The van der Waals surface area contributed by atoms with E-state index in [4.69, 9.17) is 9.47 Å². The van der Waals surface area contributed by atoms with Crippen LogP contribution in [0.2, 0.25) is 0 Å². The SMILES string of the molecule is CCOC(=O)CCCOc1ccc(C#CSI)cc1N(CC)CC. The molecule has 0 bridgehead atoms. The molecule has 1 rings (SSSR count). The molecule has 0 N–H and O–H groups in total. The normalized spacial score (nSPS) is 9.83. The van der Waals surface area contributed by atoms with E-state index in [0.717, 1.165) is 30.1 Å². The van der Waals surface area contributed by atoms with Crippen molar-refractivity contribution >= 4 is 41.8 Å². The van der Waals surface area contributed by atoms with Crippen LogP contribution in [0.3, 0.4) is 0 Å². The molecule has 0 aliphatic carbocycles. The van der Waals surface area contributed by atoms with Crippen LogP contribution in [0.15, 0.2) is 18.2 Å². The van der Waals surface area contributed by atoms with Gasteiger partial charge in [0.2, 0.25) is 0 Å². The van der Waals surface area contributed by atoms with E-state index in [1.54, 1.807) is 0 Å². The molecular weight excluding hydrogens is 437 g/mol. The first-order valence-electron chi connectivity index (χ1n) is 8.12. The number of rotatable bonds is 9. The standard InChI is InChI=1S/C18H24INO3S/c1-4-20(5-2)16-14-15(11-13-24-19)9-10-17(16)23-12-7-8-18(21)22-6-3/h9-10,14H,4-8,12H2,1-3H3. The van der Waals surface area contributed by atoms with Gasteiger partial charge in [-0.25, -0.2) is 0 Å². The molecule has 0 heterocycles. The van der Waals surface area contributed by atoms with Gasteiger partial charge in [0.15, 0.2) is 0 Å². The van der Waals surface area contributed by atoms with Gasteiger partial charge in [-0.15, -0.1) is 0 Å². The van der Waals surface area contributed by atoms with Gasteiger partial charge in [0.1, 0.15) is 5.75 Å². The summed E-state index contributed by atoms with van der Waals surface area (Å²) in [4.78, 5) is 13.6. The zero-order valence-corrected chi connectivity index (χ0v) is 17.4. The molecular formula is C18H24INO3S. The van der Waals surface area contributed by atoms with Crippen LogP contribution in [0.4, 0.5) is 5.69 Å². The van der Waals surface area contributed by atoms with E-state index in [1.165, 1.54) is 8.93 Å². The maximum atomic E-state index is 11.4. The molecule has 0 aliphatic heterocycles. The van der Waals surface area contributed by atoms with Crippen LogP contribution >= 0.6 is 30.1 Å². The minimum atomic E-state index is -0.174. The van der Waals surface area contributed by atoms with E-state index in [1.807, 2.05) is 19.1 Å². The number of benzene rings is 1. The average molecular weight is 461 g/mol. The lowest BCUT2D eigenvalue weighted by molar-refractivity contribution is -0.143. The van der Waals surface area contributed by atoms with E-state index in [9.17, 15) is 4.79 Å². The van der Waals surface area contributed by atoms with Crippen molar-refractivity contribution in [3.05, 3.63) is 23.8 Å². The molecule has 24 heavy (non-hydrogen) atoms. The number of hydrogen-bond donors (Lipinski definition) is 0. The molecule has 1 aromatic rings. The lowest BCUT2D eigenvalue weighted by Gasteiger charge is -2.24. The first kappa shape index (κ1) is 21.0. The number of carbonyl (C=O) groups is 1. The van der Waals surface area contributed by atoms with Gasteiger partial charge in [-0.1, -0.05) is 5.92 Å². The summed E-state index contributed by atoms with van der Waals surface area (Å²) in [6.45, 7) is 8.75. The third-order valence-electron chi connectivity index (χ3n) is 3.39. The second-order valence-corrected chi connectivity index (χ2v) is 6.60. The summed E-state index contributed by atoms with van der Waals surface area (Å²) in [6.07, 6.45) is 1.02. The smallest absolute Gasteiger partial charge is 0.305 e. The molecule has 0 unspecified atom stereocenters. The summed E-state index contributed by atoms with van der Waals surface area (Å²) >= 11 is 2.16. The Kier molecular flexibility index (Phi) is 10.8. The molecule has 6 heteroatoms. The van der Waals surface area contributed by atoms with E-state index in [-0.39, 0.29) is 5.97 Å². The van der Waals surface area contributed by atoms with Crippen molar-refractivity contribution in [2.45, 2.75) is 33.6 Å². The molecule has 132 valence electrons.